The van der Waals surface area contributed by atoms with Crippen molar-refractivity contribution in [2.24, 2.45) is 11.8 Å². The first-order valence-corrected chi connectivity index (χ1v) is 8.39. The van der Waals surface area contributed by atoms with Crippen LogP contribution in [0, 0.1) is 11.8 Å². The molecule has 0 aromatic heterocycles. The molecule has 19 heavy (non-hydrogen) atoms. The summed E-state index contributed by atoms with van der Waals surface area (Å²) in [6.07, 6.45) is 10.8. The maximum absolute atomic E-state index is 11.7. The molecule has 0 aliphatic heterocycles. The summed E-state index contributed by atoms with van der Waals surface area (Å²) in [4.78, 5) is 11.7. The molecule has 2 saturated carbocycles. The van der Waals surface area contributed by atoms with E-state index in [1.165, 1.54) is 38.5 Å². The number of carbonyl (C=O) groups excluding carboxylic acids is 1. The molecule has 110 valence electrons. The number of alkyl halides is 3. The number of hydrogen-bond acceptors (Lipinski definition) is 2. The zero-order valence-corrected chi connectivity index (χ0v) is 13.3. The molecule has 0 aromatic carbocycles. The van der Waals surface area contributed by atoms with Gasteiger partial charge in [0.2, 0.25) is 0 Å². The number of esters is 1. The second kappa shape index (κ2) is 6.87. The normalized spacial score (nSPS) is 30.1. The van der Waals surface area contributed by atoms with E-state index in [-0.39, 0.29) is 6.10 Å². The summed E-state index contributed by atoms with van der Waals surface area (Å²) in [6.45, 7) is 0. The van der Waals surface area contributed by atoms with E-state index in [9.17, 15) is 4.79 Å². The van der Waals surface area contributed by atoms with E-state index in [0.717, 1.165) is 19.3 Å². The van der Waals surface area contributed by atoms with E-state index in [4.69, 9.17) is 39.5 Å². The topological polar surface area (TPSA) is 26.3 Å². The molecule has 2 aliphatic rings. The fraction of sp³-hybridized carbons (Fsp3) is 0.929. The van der Waals surface area contributed by atoms with Crippen molar-refractivity contribution in [3.8, 4) is 0 Å². The van der Waals surface area contributed by atoms with Gasteiger partial charge in [-0.2, -0.15) is 0 Å². The van der Waals surface area contributed by atoms with Gasteiger partial charge in [0.15, 0.2) is 0 Å². The minimum absolute atomic E-state index is 0.0556. The molecule has 2 aliphatic carbocycles. The quantitative estimate of drug-likeness (QED) is 0.524. The highest BCUT2D eigenvalue weighted by Crippen LogP contribution is 2.40. The molecule has 0 radical (unpaired) electrons. The third-order valence-corrected chi connectivity index (χ3v) is 4.96. The van der Waals surface area contributed by atoms with Gasteiger partial charge in [0.1, 0.15) is 6.10 Å². The average Bonchev–Trinajstić information content (AvgIpc) is 2.39. The molecule has 0 unspecified atom stereocenters. The van der Waals surface area contributed by atoms with Gasteiger partial charge in [-0.1, -0.05) is 73.3 Å². The Labute approximate surface area is 130 Å². The highest BCUT2D eigenvalue weighted by molar-refractivity contribution is 6.75. The standard InChI is InChI=1S/C14H21Cl3O2/c15-14(16,17)13(18)19-12-9-5-4-8-11(12)10-6-2-1-3-7-10/h10-12H,1-9H2/t11-,12+/m0/s1. The van der Waals surface area contributed by atoms with Crippen LogP contribution in [0.2, 0.25) is 0 Å². The molecular formula is C14H21Cl3O2. The van der Waals surface area contributed by atoms with Crippen molar-refractivity contribution in [2.45, 2.75) is 67.7 Å². The Kier molecular flexibility index (Phi) is 5.68. The molecule has 0 saturated heterocycles. The summed E-state index contributed by atoms with van der Waals surface area (Å²) in [5, 5.41) is 0. The van der Waals surface area contributed by atoms with E-state index in [1.807, 2.05) is 0 Å². The van der Waals surface area contributed by atoms with Crippen LogP contribution in [0.3, 0.4) is 0 Å². The van der Waals surface area contributed by atoms with Crippen molar-refractivity contribution in [3.05, 3.63) is 0 Å². The molecule has 0 N–H and O–H groups in total. The fourth-order valence-electron chi connectivity index (χ4n) is 3.58. The molecule has 2 rings (SSSR count). The molecule has 2 nitrogen and oxygen atoms in total. The van der Waals surface area contributed by atoms with E-state index in [0.29, 0.717) is 11.8 Å². The minimum Gasteiger partial charge on any atom is -0.459 e. The SMILES string of the molecule is O=C(O[C@@H]1CCCC[C@H]1C1CCCCC1)C(Cl)(Cl)Cl. The van der Waals surface area contributed by atoms with E-state index >= 15 is 0 Å². The molecule has 0 amide bonds. The van der Waals surface area contributed by atoms with Crippen molar-refractivity contribution in [1.82, 2.24) is 0 Å². The zero-order valence-electron chi connectivity index (χ0n) is 11.0. The summed E-state index contributed by atoms with van der Waals surface area (Å²) < 4.78 is 3.54. The molecule has 0 heterocycles. The molecule has 0 spiro atoms. The summed E-state index contributed by atoms with van der Waals surface area (Å²) in [7, 11) is 0. The maximum atomic E-state index is 11.7. The van der Waals surface area contributed by atoms with Crippen LogP contribution in [0.5, 0.6) is 0 Å². The monoisotopic (exact) mass is 326 g/mol. The second-order valence-electron chi connectivity index (χ2n) is 5.79. The van der Waals surface area contributed by atoms with Gasteiger partial charge in [-0.05, 0) is 31.1 Å². The van der Waals surface area contributed by atoms with E-state index in [1.54, 1.807) is 0 Å². The number of ether oxygens (including phenoxy) is 1. The van der Waals surface area contributed by atoms with Gasteiger partial charge in [0.05, 0.1) is 0 Å². The Bertz CT molecular complexity index is 308. The first-order valence-electron chi connectivity index (χ1n) is 7.26. The second-order valence-corrected chi connectivity index (χ2v) is 8.07. The summed E-state index contributed by atoms with van der Waals surface area (Å²) in [5.74, 6) is 0.429. The van der Waals surface area contributed by atoms with Crippen LogP contribution in [0.4, 0.5) is 0 Å². The highest BCUT2D eigenvalue weighted by Gasteiger charge is 2.39. The summed E-state index contributed by atoms with van der Waals surface area (Å²) in [5.41, 5.74) is 0. The van der Waals surface area contributed by atoms with Crippen LogP contribution in [0.25, 0.3) is 0 Å². The molecule has 2 atom stereocenters. The maximum Gasteiger partial charge on any atom is 0.358 e. The lowest BCUT2D eigenvalue weighted by Gasteiger charge is -2.38. The lowest BCUT2D eigenvalue weighted by molar-refractivity contribution is -0.154. The van der Waals surface area contributed by atoms with Gasteiger partial charge >= 0.3 is 5.97 Å². The fourth-order valence-corrected chi connectivity index (χ4v) is 3.71. The molecular weight excluding hydrogens is 307 g/mol. The molecule has 5 heteroatoms. The number of rotatable bonds is 2. The van der Waals surface area contributed by atoms with Gasteiger partial charge in [-0.15, -0.1) is 0 Å². The number of hydrogen-bond donors (Lipinski definition) is 0. The predicted octanol–water partition coefficient (Wildman–Crippen LogP) is 5.04. The Balaban J connectivity index is 1.97. The Morgan fingerprint density at radius 1 is 0.895 bits per heavy atom. The average molecular weight is 328 g/mol. The first kappa shape index (κ1) is 15.7. The highest BCUT2D eigenvalue weighted by atomic mass is 35.6. The van der Waals surface area contributed by atoms with Gasteiger partial charge in [0.25, 0.3) is 3.79 Å². The molecule has 0 bridgehead atoms. The lowest BCUT2D eigenvalue weighted by Crippen LogP contribution is -2.38. The van der Waals surface area contributed by atoms with Gasteiger partial charge < -0.3 is 4.74 Å². The summed E-state index contributed by atoms with van der Waals surface area (Å²) >= 11 is 16.8. The van der Waals surface area contributed by atoms with Crippen LogP contribution in [0.1, 0.15) is 57.8 Å². The first-order chi connectivity index (χ1) is 8.98. The summed E-state index contributed by atoms with van der Waals surface area (Å²) in [6, 6.07) is 0. The zero-order chi connectivity index (χ0) is 13.9. The van der Waals surface area contributed by atoms with Crippen LogP contribution in [-0.2, 0) is 9.53 Å². The third kappa shape index (κ3) is 4.41. The minimum atomic E-state index is -1.95. The Morgan fingerprint density at radius 3 is 2.11 bits per heavy atom. The van der Waals surface area contributed by atoms with Crippen LogP contribution in [0.15, 0.2) is 0 Å². The van der Waals surface area contributed by atoms with Crippen LogP contribution < -0.4 is 0 Å². The van der Waals surface area contributed by atoms with Gasteiger partial charge in [0, 0.05) is 0 Å². The van der Waals surface area contributed by atoms with Gasteiger partial charge in [-0.25, -0.2) is 4.79 Å². The van der Waals surface area contributed by atoms with Crippen LogP contribution >= 0.6 is 34.8 Å². The van der Waals surface area contributed by atoms with E-state index < -0.39 is 9.76 Å². The van der Waals surface area contributed by atoms with Crippen molar-refractivity contribution >= 4 is 40.8 Å². The van der Waals surface area contributed by atoms with E-state index in [2.05, 4.69) is 0 Å². The van der Waals surface area contributed by atoms with Crippen molar-refractivity contribution < 1.29 is 9.53 Å². The number of halogens is 3. The Morgan fingerprint density at radius 2 is 1.47 bits per heavy atom. The smallest absolute Gasteiger partial charge is 0.358 e. The largest absolute Gasteiger partial charge is 0.459 e. The van der Waals surface area contributed by atoms with Gasteiger partial charge in [-0.3, -0.25) is 0 Å². The number of carbonyl (C=O) groups is 1. The third-order valence-electron chi connectivity index (χ3n) is 4.50. The van der Waals surface area contributed by atoms with Crippen LogP contribution in [-0.4, -0.2) is 15.9 Å². The molecule has 2 fully saturated rings. The van der Waals surface area contributed by atoms with Crippen molar-refractivity contribution in [1.29, 1.82) is 0 Å². The Hall–Kier alpha value is 0.340. The molecule has 0 aromatic rings. The van der Waals surface area contributed by atoms with Crippen molar-refractivity contribution in [2.75, 3.05) is 0 Å². The lowest BCUT2D eigenvalue weighted by atomic mass is 9.72. The predicted molar refractivity (Wildman–Crippen MR) is 78.7 cm³/mol. The van der Waals surface area contributed by atoms with Crippen molar-refractivity contribution in [3.63, 3.8) is 0 Å².